The number of pyridine rings is 1. The molecule has 2 heterocycles. The number of anilines is 1. The van der Waals surface area contributed by atoms with Crippen molar-refractivity contribution in [2.45, 2.75) is 59.8 Å². The van der Waals surface area contributed by atoms with Crippen LogP contribution in [0.1, 0.15) is 54.7 Å². The summed E-state index contributed by atoms with van der Waals surface area (Å²) in [5.41, 5.74) is 6.20. The standard InChI is InChI=1S/C29H34N2O6S/c1-16-9-11-19(12-10-16)23-17(2)24-21-14-30-22(36-7)13-20(21)15-31(38(8,34)35)26(24)18(3)25(23)27(28(32)33)37-29(4,5)6/h9-14,27H,15H2,1-8H3,(H,32,33)/t27-/m0/s1. The van der Waals surface area contributed by atoms with Gasteiger partial charge in [-0.1, -0.05) is 29.8 Å². The number of hydrogen-bond donors (Lipinski definition) is 1. The first-order valence-electron chi connectivity index (χ1n) is 12.3. The molecule has 3 aromatic rings. The Morgan fingerprint density at radius 3 is 2.24 bits per heavy atom. The Hall–Kier alpha value is -3.43. The fourth-order valence-electron chi connectivity index (χ4n) is 5.11. The van der Waals surface area contributed by atoms with Crippen molar-refractivity contribution in [3.05, 3.63) is 64.3 Å². The first kappa shape index (κ1) is 27.6. The molecule has 38 heavy (non-hydrogen) atoms. The Kier molecular flexibility index (Phi) is 7.05. The molecule has 4 rings (SSSR count). The smallest absolute Gasteiger partial charge is 0.337 e. The van der Waals surface area contributed by atoms with E-state index in [1.54, 1.807) is 40.0 Å². The topological polar surface area (TPSA) is 106 Å². The van der Waals surface area contributed by atoms with E-state index in [2.05, 4.69) is 4.98 Å². The molecule has 0 amide bonds. The van der Waals surface area contributed by atoms with Gasteiger partial charge in [0.2, 0.25) is 15.9 Å². The maximum Gasteiger partial charge on any atom is 0.337 e. The maximum atomic E-state index is 13.1. The number of carboxylic acids is 1. The second-order valence-corrected chi connectivity index (χ2v) is 12.6. The highest BCUT2D eigenvalue weighted by molar-refractivity contribution is 7.92. The Labute approximate surface area is 224 Å². The van der Waals surface area contributed by atoms with Gasteiger partial charge in [-0.3, -0.25) is 4.31 Å². The number of benzene rings is 2. The molecule has 0 bridgehead atoms. The molecule has 1 aliphatic heterocycles. The number of carboxylic acid groups (broad SMARTS) is 1. The van der Waals surface area contributed by atoms with E-state index >= 15 is 0 Å². The minimum absolute atomic E-state index is 0.0709. The van der Waals surface area contributed by atoms with Crippen molar-refractivity contribution in [3.63, 3.8) is 0 Å². The third-order valence-corrected chi connectivity index (χ3v) is 7.83. The number of aromatic nitrogens is 1. The van der Waals surface area contributed by atoms with Crippen LogP contribution in [0.3, 0.4) is 0 Å². The van der Waals surface area contributed by atoms with E-state index in [0.717, 1.165) is 34.1 Å². The van der Waals surface area contributed by atoms with E-state index < -0.39 is 27.7 Å². The SMILES string of the molecule is COc1cc2c(cn1)-c1c(C)c(-c3ccc(C)cc3)c([C@H](OC(C)(C)C)C(=O)O)c(C)c1N(S(C)(=O)=O)C2. The molecule has 0 fully saturated rings. The van der Waals surface area contributed by atoms with Crippen LogP contribution in [-0.4, -0.2) is 43.4 Å². The van der Waals surface area contributed by atoms with E-state index in [9.17, 15) is 18.3 Å². The number of rotatable bonds is 6. The van der Waals surface area contributed by atoms with Crippen molar-refractivity contribution < 1.29 is 27.8 Å². The van der Waals surface area contributed by atoms with Crippen molar-refractivity contribution in [1.82, 2.24) is 4.98 Å². The normalized spacial score (nSPS) is 14.1. The van der Waals surface area contributed by atoms with Gasteiger partial charge in [0.05, 0.1) is 31.2 Å². The molecular weight excluding hydrogens is 504 g/mol. The highest BCUT2D eigenvalue weighted by Gasteiger charge is 2.38. The molecule has 1 aliphatic rings. The van der Waals surface area contributed by atoms with Crippen LogP contribution in [0, 0.1) is 20.8 Å². The second-order valence-electron chi connectivity index (χ2n) is 10.7. The number of fused-ring (bicyclic) bond motifs is 3. The molecular formula is C29H34N2O6S. The van der Waals surface area contributed by atoms with Crippen LogP contribution in [-0.2, 0) is 26.1 Å². The van der Waals surface area contributed by atoms with E-state index in [0.29, 0.717) is 33.8 Å². The molecule has 1 aromatic heterocycles. The maximum absolute atomic E-state index is 13.1. The average molecular weight is 539 g/mol. The van der Waals surface area contributed by atoms with Gasteiger partial charge in [0.1, 0.15) is 0 Å². The van der Waals surface area contributed by atoms with Crippen LogP contribution in [0.25, 0.3) is 22.3 Å². The van der Waals surface area contributed by atoms with Crippen molar-refractivity contribution in [1.29, 1.82) is 0 Å². The molecule has 0 radical (unpaired) electrons. The van der Waals surface area contributed by atoms with E-state index in [1.807, 2.05) is 38.1 Å². The number of aliphatic carboxylic acids is 1. The number of aryl methyl sites for hydroxylation is 1. The van der Waals surface area contributed by atoms with Crippen LogP contribution in [0.2, 0.25) is 0 Å². The first-order chi connectivity index (χ1) is 17.6. The molecule has 202 valence electrons. The average Bonchev–Trinajstić information content (AvgIpc) is 2.82. The van der Waals surface area contributed by atoms with Gasteiger partial charge in [0.25, 0.3) is 0 Å². The lowest BCUT2D eigenvalue weighted by Gasteiger charge is -2.37. The zero-order valence-corrected chi connectivity index (χ0v) is 23.9. The third kappa shape index (κ3) is 5.00. The number of ether oxygens (including phenoxy) is 2. The second kappa shape index (κ2) is 9.71. The fourth-order valence-corrected chi connectivity index (χ4v) is 6.05. The molecule has 2 aromatic carbocycles. The monoisotopic (exact) mass is 538 g/mol. The highest BCUT2D eigenvalue weighted by atomic mass is 32.2. The summed E-state index contributed by atoms with van der Waals surface area (Å²) >= 11 is 0. The van der Waals surface area contributed by atoms with Crippen LogP contribution >= 0.6 is 0 Å². The summed E-state index contributed by atoms with van der Waals surface area (Å²) in [5.74, 6) is -0.765. The molecule has 0 spiro atoms. The number of methoxy groups -OCH3 is 1. The van der Waals surface area contributed by atoms with Crippen LogP contribution < -0.4 is 9.04 Å². The lowest BCUT2D eigenvalue weighted by molar-refractivity contribution is -0.160. The molecule has 8 nitrogen and oxygen atoms in total. The zero-order chi connectivity index (χ0) is 28.2. The highest BCUT2D eigenvalue weighted by Crippen LogP contribution is 2.51. The summed E-state index contributed by atoms with van der Waals surface area (Å²) in [6.45, 7) is 11.1. The molecule has 0 aliphatic carbocycles. The lowest BCUT2D eigenvalue weighted by Crippen LogP contribution is -2.34. The van der Waals surface area contributed by atoms with Gasteiger partial charge >= 0.3 is 5.97 Å². The summed E-state index contributed by atoms with van der Waals surface area (Å²) in [6, 6.07) is 9.59. The summed E-state index contributed by atoms with van der Waals surface area (Å²) < 4.78 is 39.1. The number of sulfonamides is 1. The summed E-state index contributed by atoms with van der Waals surface area (Å²) in [7, 11) is -2.23. The van der Waals surface area contributed by atoms with Gasteiger partial charge in [-0.15, -0.1) is 0 Å². The van der Waals surface area contributed by atoms with Crippen LogP contribution in [0.5, 0.6) is 5.88 Å². The number of carbonyl (C=O) groups is 1. The van der Waals surface area contributed by atoms with Gasteiger partial charge < -0.3 is 14.6 Å². The zero-order valence-electron chi connectivity index (χ0n) is 23.0. The van der Waals surface area contributed by atoms with Gasteiger partial charge in [-0.25, -0.2) is 18.2 Å². The predicted octanol–water partition coefficient (Wildman–Crippen LogP) is 5.57. The Bertz CT molecular complexity index is 1520. The van der Waals surface area contributed by atoms with Gasteiger partial charge in [-0.05, 0) is 69.4 Å². The van der Waals surface area contributed by atoms with E-state index in [4.69, 9.17) is 9.47 Å². The fraction of sp³-hybridized carbons (Fsp3) is 0.379. The molecule has 1 atom stereocenters. The van der Waals surface area contributed by atoms with Gasteiger partial charge in [0.15, 0.2) is 6.10 Å². The summed E-state index contributed by atoms with van der Waals surface area (Å²) in [6.07, 6.45) is 1.52. The van der Waals surface area contributed by atoms with Crippen molar-refractivity contribution in [2.24, 2.45) is 0 Å². The Balaban J connectivity index is 2.20. The van der Waals surface area contributed by atoms with Crippen LogP contribution in [0.4, 0.5) is 5.69 Å². The lowest BCUT2D eigenvalue weighted by atomic mass is 9.80. The Morgan fingerprint density at radius 1 is 1.08 bits per heavy atom. The van der Waals surface area contributed by atoms with Crippen molar-refractivity contribution >= 4 is 21.7 Å². The minimum Gasteiger partial charge on any atom is -0.481 e. The van der Waals surface area contributed by atoms with E-state index in [-0.39, 0.29) is 6.54 Å². The molecule has 0 saturated heterocycles. The van der Waals surface area contributed by atoms with Crippen molar-refractivity contribution in [3.8, 4) is 28.1 Å². The summed E-state index contributed by atoms with van der Waals surface area (Å²) in [5, 5.41) is 10.4. The first-order valence-corrected chi connectivity index (χ1v) is 14.1. The van der Waals surface area contributed by atoms with Crippen molar-refractivity contribution in [2.75, 3.05) is 17.7 Å². The Morgan fingerprint density at radius 2 is 1.71 bits per heavy atom. The van der Waals surface area contributed by atoms with Crippen LogP contribution in [0.15, 0.2) is 36.5 Å². The summed E-state index contributed by atoms with van der Waals surface area (Å²) in [4.78, 5) is 17.1. The van der Waals surface area contributed by atoms with Gasteiger partial charge in [-0.2, -0.15) is 0 Å². The van der Waals surface area contributed by atoms with Gasteiger partial charge in [0, 0.05) is 29.0 Å². The predicted molar refractivity (Wildman–Crippen MR) is 148 cm³/mol. The largest absolute Gasteiger partial charge is 0.481 e. The molecule has 1 N–H and O–H groups in total. The van der Waals surface area contributed by atoms with E-state index in [1.165, 1.54) is 11.4 Å². The number of hydrogen-bond acceptors (Lipinski definition) is 6. The molecule has 9 heteroatoms. The quantitative estimate of drug-likeness (QED) is 0.437. The third-order valence-electron chi connectivity index (χ3n) is 6.72. The minimum atomic E-state index is -3.74. The number of nitrogens with zero attached hydrogens (tertiary/aromatic N) is 2. The molecule has 0 unspecified atom stereocenters. The molecule has 0 saturated carbocycles.